The number of hydrogen-bond acceptors (Lipinski definition) is 3. The molecule has 0 amide bonds. The summed E-state index contributed by atoms with van der Waals surface area (Å²) in [4.78, 5) is 10.7. The fraction of sp³-hybridized carbons (Fsp3) is 0.417. The quantitative estimate of drug-likeness (QED) is 0.825. The summed E-state index contributed by atoms with van der Waals surface area (Å²) in [6.45, 7) is 6.79. The predicted octanol–water partition coefficient (Wildman–Crippen LogP) is 2.17. The summed E-state index contributed by atoms with van der Waals surface area (Å²) >= 11 is 0. The molecule has 0 bridgehead atoms. The molecule has 0 fully saturated rings. The average Bonchev–Trinajstić information content (AvgIpc) is 2.22. The van der Waals surface area contributed by atoms with E-state index in [1.807, 2.05) is 0 Å². The zero-order valence-electron chi connectivity index (χ0n) is 9.87. The van der Waals surface area contributed by atoms with Crippen molar-refractivity contribution in [2.24, 2.45) is 0 Å². The van der Waals surface area contributed by atoms with Gasteiger partial charge in [-0.3, -0.25) is 0 Å². The van der Waals surface area contributed by atoms with E-state index in [2.05, 4.69) is 0 Å². The van der Waals surface area contributed by atoms with Crippen LogP contribution in [0, 0.1) is 20.8 Å². The van der Waals surface area contributed by atoms with E-state index < -0.39 is 12.1 Å². The lowest BCUT2D eigenvalue weighted by Gasteiger charge is -2.16. The van der Waals surface area contributed by atoms with Gasteiger partial charge >= 0.3 is 5.97 Å². The normalized spacial score (nSPS) is 12.2. The van der Waals surface area contributed by atoms with Crippen LogP contribution in [-0.4, -0.2) is 22.3 Å². The lowest BCUT2D eigenvalue weighted by Crippen LogP contribution is -2.23. The number of aryl methyl sites for hydroxylation is 1. The Hall–Kier alpha value is -1.71. The van der Waals surface area contributed by atoms with Crippen LogP contribution in [0.5, 0.6) is 11.5 Å². The van der Waals surface area contributed by atoms with Crippen molar-refractivity contribution in [2.75, 3.05) is 0 Å². The smallest absolute Gasteiger partial charge is 0.344 e. The van der Waals surface area contributed by atoms with E-state index in [9.17, 15) is 9.90 Å². The van der Waals surface area contributed by atoms with Gasteiger partial charge in [0.1, 0.15) is 11.5 Å². The van der Waals surface area contributed by atoms with Crippen LogP contribution in [0.25, 0.3) is 0 Å². The van der Waals surface area contributed by atoms with Gasteiger partial charge in [-0.25, -0.2) is 4.79 Å². The number of ether oxygens (including phenoxy) is 1. The molecule has 0 saturated heterocycles. The van der Waals surface area contributed by atoms with Gasteiger partial charge in [-0.1, -0.05) is 0 Å². The predicted molar refractivity (Wildman–Crippen MR) is 60.0 cm³/mol. The molecule has 0 heterocycles. The van der Waals surface area contributed by atoms with Gasteiger partial charge in [0.15, 0.2) is 6.10 Å². The maximum absolute atomic E-state index is 10.7. The first-order chi connectivity index (χ1) is 7.34. The topological polar surface area (TPSA) is 66.8 Å². The Balaban J connectivity index is 3.11. The maximum atomic E-state index is 10.7. The van der Waals surface area contributed by atoms with E-state index in [4.69, 9.17) is 9.84 Å². The third-order valence-corrected chi connectivity index (χ3v) is 2.66. The molecule has 1 rings (SSSR count). The lowest BCUT2D eigenvalue weighted by atomic mass is 10.0. The maximum Gasteiger partial charge on any atom is 0.344 e. The Labute approximate surface area is 94.5 Å². The van der Waals surface area contributed by atoms with Crippen molar-refractivity contribution in [2.45, 2.75) is 33.8 Å². The molecular formula is C12H16O4. The van der Waals surface area contributed by atoms with Gasteiger partial charge in [-0.15, -0.1) is 0 Å². The number of phenols is 1. The molecule has 4 heteroatoms. The highest BCUT2D eigenvalue weighted by Crippen LogP contribution is 2.32. The van der Waals surface area contributed by atoms with Crippen LogP contribution in [0.1, 0.15) is 23.6 Å². The second-order valence-corrected chi connectivity index (χ2v) is 3.89. The molecule has 0 aliphatic heterocycles. The number of rotatable bonds is 3. The van der Waals surface area contributed by atoms with Crippen molar-refractivity contribution in [3.05, 3.63) is 22.8 Å². The molecule has 0 aliphatic carbocycles. The first-order valence-corrected chi connectivity index (χ1v) is 5.03. The van der Waals surface area contributed by atoms with Crippen LogP contribution >= 0.6 is 0 Å². The highest BCUT2D eigenvalue weighted by atomic mass is 16.5. The van der Waals surface area contributed by atoms with Gasteiger partial charge in [0, 0.05) is 0 Å². The molecule has 0 aliphatic rings. The minimum atomic E-state index is -1.01. The van der Waals surface area contributed by atoms with Crippen molar-refractivity contribution >= 4 is 5.97 Å². The summed E-state index contributed by atoms with van der Waals surface area (Å²) in [7, 11) is 0. The Morgan fingerprint density at radius 3 is 2.38 bits per heavy atom. The van der Waals surface area contributed by atoms with Crippen LogP contribution in [0.3, 0.4) is 0 Å². The number of aliphatic carboxylic acids is 1. The fourth-order valence-corrected chi connectivity index (χ4v) is 1.39. The summed E-state index contributed by atoms with van der Waals surface area (Å²) in [5.41, 5.74) is 2.15. The monoisotopic (exact) mass is 224 g/mol. The van der Waals surface area contributed by atoms with Crippen molar-refractivity contribution in [1.82, 2.24) is 0 Å². The molecule has 16 heavy (non-hydrogen) atoms. The first-order valence-electron chi connectivity index (χ1n) is 5.03. The number of carbonyl (C=O) groups is 1. The number of hydrogen-bond donors (Lipinski definition) is 2. The molecule has 0 spiro atoms. The molecular weight excluding hydrogens is 208 g/mol. The third kappa shape index (κ3) is 2.27. The molecule has 0 unspecified atom stereocenters. The van der Waals surface area contributed by atoms with Gasteiger partial charge < -0.3 is 14.9 Å². The van der Waals surface area contributed by atoms with Crippen LogP contribution in [0.4, 0.5) is 0 Å². The highest BCUT2D eigenvalue weighted by molar-refractivity contribution is 5.72. The molecule has 0 radical (unpaired) electrons. The van der Waals surface area contributed by atoms with Gasteiger partial charge in [-0.2, -0.15) is 0 Å². The molecule has 1 aromatic rings. The van der Waals surface area contributed by atoms with E-state index in [1.54, 1.807) is 26.8 Å². The minimum Gasteiger partial charge on any atom is -0.507 e. The van der Waals surface area contributed by atoms with Gasteiger partial charge in [0.2, 0.25) is 0 Å². The Kier molecular flexibility index (Phi) is 3.42. The van der Waals surface area contributed by atoms with Gasteiger partial charge in [0.05, 0.1) is 0 Å². The van der Waals surface area contributed by atoms with Crippen LogP contribution < -0.4 is 4.74 Å². The minimum absolute atomic E-state index is 0.229. The summed E-state index contributed by atoms with van der Waals surface area (Å²) in [5, 5.41) is 18.4. The molecule has 0 aromatic heterocycles. The van der Waals surface area contributed by atoms with Gasteiger partial charge in [0.25, 0.3) is 0 Å². The van der Waals surface area contributed by atoms with Crippen molar-refractivity contribution in [1.29, 1.82) is 0 Å². The Morgan fingerprint density at radius 2 is 1.88 bits per heavy atom. The summed E-state index contributed by atoms with van der Waals surface area (Å²) in [6.07, 6.45) is -0.901. The van der Waals surface area contributed by atoms with Gasteiger partial charge in [-0.05, 0) is 50.5 Å². The Bertz CT molecular complexity index is 424. The zero-order chi connectivity index (χ0) is 12.5. The summed E-state index contributed by atoms with van der Waals surface area (Å²) < 4.78 is 5.31. The molecule has 88 valence electrons. The number of carboxylic acids is 1. The molecule has 2 N–H and O–H groups in total. The lowest BCUT2D eigenvalue weighted by molar-refractivity contribution is -0.144. The van der Waals surface area contributed by atoms with Crippen molar-refractivity contribution in [3.8, 4) is 11.5 Å². The fourth-order valence-electron chi connectivity index (χ4n) is 1.39. The number of phenolic OH excluding ortho intramolecular Hbond substituents is 1. The SMILES string of the molecule is Cc1cc(O[C@@H](C)C(=O)O)c(C)c(C)c1O. The average molecular weight is 224 g/mol. The second-order valence-electron chi connectivity index (χ2n) is 3.89. The molecule has 1 aromatic carbocycles. The van der Waals surface area contributed by atoms with E-state index in [1.165, 1.54) is 6.92 Å². The number of benzene rings is 1. The largest absolute Gasteiger partial charge is 0.507 e. The number of carboxylic acid groups (broad SMARTS) is 1. The van der Waals surface area contributed by atoms with Crippen molar-refractivity contribution in [3.63, 3.8) is 0 Å². The van der Waals surface area contributed by atoms with E-state index >= 15 is 0 Å². The Morgan fingerprint density at radius 1 is 1.31 bits per heavy atom. The van der Waals surface area contributed by atoms with Crippen LogP contribution in [0.2, 0.25) is 0 Å². The van der Waals surface area contributed by atoms with E-state index in [0.29, 0.717) is 16.9 Å². The van der Waals surface area contributed by atoms with Crippen LogP contribution in [-0.2, 0) is 4.79 Å². The van der Waals surface area contributed by atoms with E-state index in [-0.39, 0.29) is 5.75 Å². The zero-order valence-corrected chi connectivity index (χ0v) is 9.87. The summed E-state index contributed by atoms with van der Waals surface area (Å²) in [6, 6.07) is 1.65. The van der Waals surface area contributed by atoms with Crippen LogP contribution in [0.15, 0.2) is 6.07 Å². The standard InChI is InChI=1S/C12H16O4/c1-6-5-10(16-9(4)12(14)15)7(2)8(3)11(6)13/h5,9,13H,1-4H3,(H,14,15)/t9-/m0/s1. The third-order valence-electron chi connectivity index (χ3n) is 2.66. The van der Waals surface area contributed by atoms with E-state index in [0.717, 1.165) is 5.56 Å². The summed E-state index contributed by atoms with van der Waals surface area (Å²) in [5.74, 6) is -0.279. The van der Waals surface area contributed by atoms with Crippen molar-refractivity contribution < 1.29 is 19.7 Å². The first kappa shape index (κ1) is 12.4. The molecule has 1 atom stereocenters. The number of aromatic hydroxyl groups is 1. The highest BCUT2D eigenvalue weighted by Gasteiger charge is 2.16. The molecule has 0 saturated carbocycles. The molecule has 4 nitrogen and oxygen atoms in total. The second kappa shape index (κ2) is 4.43.